The topological polar surface area (TPSA) is 271 Å². The predicted molar refractivity (Wildman–Crippen MR) is 291 cm³/mol. The lowest BCUT2D eigenvalue weighted by Crippen LogP contribution is -2.12. The SMILES string of the molecule is C=C(C)C(=O)OCCCCCCOC(=O)C(=C)C.C=CC(=O)OCC(CC)CCCC.C=CC(=O)OCCCCCCOC(=O)C=C.C=CC(=O)OCCCCO.C=CC(=O)OCCO.C=CC(=O)OCCO.CC. The first-order chi connectivity index (χ1) is 35.8. The summed E-state index contributed by atoms with van der Waals surface area (Å²) in [5.74, 6) is -2.66. The number of hydrogen-bond donors (Lipinski definition) is 3. The minimum absolute atomic E-state index is 0.0465. The number of aliphatic hydroxyl groups excluding tert-OH is 3. The highest BCUT2D eigenvalue weighted by molar-refractivity contribution is 5.87. The van der Waals surface area contributed by atoms with Crippen LogP contribution in [0.1, 0.15) is 131 Å². The summed E-state index contributed by atoms with van der Waals surface area (Å²) >= 11 is 0. The first-order valence-corrected chi connectivity index (χ1v) is 25.1. The Bertz CT molecular complexity index is 1490. The number of hydrogen-bond acceptors (Lipinski definition) is 19. The fourth-order valence-electron chi connectivity index (χ4n) is 4.17. The van der Waals surface area contributed by atoms with Gasteiger partial charge in [-0.1, -0.05) is 99.6 Å². The van der Waals surface area contributed by atoms with Crippen LogP contribution in [0.3, 0.4) is 0 Å². The molecule has 0 radical (unpaired) electrons. The molecule has 75 heavy (non-hydrogen) atoms. The summed E-state index contributed by atoms with van der Waals surface area (Å²) in [7, 11) is 0. The molecule has 0 aromatic rings. The molecule has 0 heterocycles. The van der Waals surface area contributed by atoms with E-state index in [2.05, 4.69) is 80.7 Å². The van der Waals surface area contributed by atoms with E-state index < -0.39 is 17.9 Å². The minimum atomic E-state index is -0.501. The second kappa shape index (κ2) is 69.6. The van der Waals surface area contributed by atoms with Crippen molar-refractivity contribution in [2.45, 2.75) is 131 Å². The van der Waals surface area contributed by atoms with E-state index in [1.807, 2.05) is 13.8 Å². The molecule has 432 valence electrons. The summed E-state index contributed by atoms with van der Waals surface area (Å²) in [6.45, 7) is 40.5. The molecule has 0 aliphatic rings. The quantitative estimate of drug-likeness (QED) is 0.0229. The van der Waals surface area contributed by atoms with Crippen LogP contribution in [-0.4, -0.2) is 136 Å². The zero-order chi connectivity index (χ0) is 58.9. The van der Waals surface area contributed by atoms with Gasteiger partial charge in [0.15, 0.2) is 0 Å². The van der Waals surface area contributed by atoms with Gasteiger partial charge in [0, 0.05) is 54.2 Å². The van der Waals surface area contributed by atoms with Gasteiger partial charge >= 0.3 is 47.8 Å². The summed E-state index contributed by atoms with van der Waals surface area (Å²) in [5, 5.41) is 24.5. The van der Waals surface area contributed by atoms with Gasteiger partial charge in [0.2, 0.25) is 0 Å². The summed E-state index contributed by atoms with van der Waals surface area (Å²) in [6, 6.07) is 0. The fraction of sp³-hybridized carbons (Fsp3) is 0.571. The third kappa shape index (κ3) is 79.2. The van der Waals surface area contributed by atoms with E-state index in [0.717, 1.165) is 94.6 Å². The Morgan fingerprint density at radius 2 is 0.653 bits per heavy atom. The van der Waals surface area contributed by atoms with Crippen LogP contribution >= 0.6 is 0 Å². The number of aliphatic hydroxyl groups is 3. The van der Waals surface area contributed by atoms with Gasteiger partial charge in [-0.15, -0.1) is 0 Å². The molecule has 0 aromatic heterocycles. The highest BCUT2D eigenvalue weighted by atomic mass is 16.6. The van der Waals surface area contributed by atoms with Crippen molar-refractivity contribution in [3.05, 3.63) is 100 Å². The molecule has 0 bridgehead atoms. The van der Waals surface area contributed by atoms with Gasteiger partial charge in [0.25, 0.3) is 0 Å². The number of ether oxygens (including phenoxy) is 8. The van der Waals surface area contributed by atoms with Crippen LogP contribution in [0.15, 0.2) is 100 Å². The van der Waals surface area contributed by atoms with Gasteiger partial charge in [-0.25, -0.2) is 38.4 Å². The van der Waals surface area contributed by atoms with E-state index in [1.54, 1.807) is 13.8 Å². The third-order valence-electron chi connectivity index (χ3n) is 8.20. The van der Waals surface area contributed by atoms with Crippen LogP contribution in [-0.2, 0) is 76.3 Å². The highest BCUT2D eigenvalue weighted by Crippen LogP contribution is 2.13. The largest absolute Gasteiger partial charge is 0.463 e. The van der Waals surface area contributed by atoms with Crippen LogP contribution in [0.25, 0.3) is 0 Å². The Morgan fingerprint density at radius 3 is 0.893 bits per heavy atom. The molecule has 0 amide bonds. The van der Waals surface area contributed by atoms with Crippen LogP contribution in [0, 0.1) is 5.92 Å². The smallest absolute Gasteiger partial charge is 0.333 e. The highest BCUT2D eigenvalue weighted by Gasteiger charge is 2.08. The minimum Gasteiger partial charge on any atom is -0.463 e. The van der Waals surface area contributed by atoms with Crippen molar-refractivity contribution in [1.82, 2.24) is 0 Å². The Balaban J connectivity index is -0.000000151. The maximum absolute atomic E-state index is 11.0. The molecular weight excluding hydrogens is 977 g/mol. The Morgan fingerprint density at radius 1 is 0.387 bits per heavy atom. The fourth-order valence-corrected chi connectivity index (χ4v) is 4.17. The van der Waals surface area contributed by atoms with Gasteiger partial charge in [-0.05, 0) is 90.4 Å². The molecule has 19 heteroatoms. The molecular formula is C56H94O19. The summed E-state index contributed by atoms with van der Waals surface area (Å²) in [6.07, 6.45) is 19.8. The molecule has 0 aliphatic heterocycles. The van der Waals surface area contributed by atoms with Crippen molar-refractivity contribution in [1.29, 1.82) is 0 Å². The van der Waals surface area contributed by atoms with E-state index in [0.29, 0.717) is 69.5 Å². The maximum atomic E-state index is 11.0. The van der Waals surface area contributed by atoms with Crippen molar-refractivity contribution in [2.75, 3.05) is 72.7 Å². The molecule has 0 spiro atoms. The molecule has 0 aliphatic carbocycles. The number of unbranched alkanes of at least 4 members (excludes halogenated alkanes) is 8. The molecule has 0 aromatic carbocycles. The van der Waals surface area contributed by atoms with Crippen LogP contribution in [0.5, 0.6) is 0 Å². The van der Waals surface area contributed by atoms with Gasteiger partial charge in [0.1, 0.15) is 13.2 Å². The lowest BCUT2D eigenvalue weighted by Gasteiger charge is -2.13. The van der Waals surface area contributed by atoms with Crippen molar-refractivity contribution < 1.29 is 91.6 Å². The van der Waals surface area contributed by atoms with Crippen LogP contribution < -0.4 is 0 Å². The molecule has 0 rings (SSSR count). The van der Waals surface area contributed by atoms with E-state index in [4.69, 9.17) is 39.0 Å². The zero-order valence-electron chi connectivity index (χ0n) is 46.2. The molecule has 19 nitrogen and oxygen atoms in total. The average Bonchev–Trinajstić information content (AvgIpc) is 3.42. The third-order valence-corrected chi connectivity index (χ3v) is 8.20. The Labute approximate surface area is 448 Å². The molecule has 1 atom stereocenters. The van der Waals surface area contributed by atoms with Gasteiger partial charge in [-0.3, -0.25) is 0 Å². The number of carbonyl (C=O) groups excluding carboxylic acids is 8. The van der Waals surface area contributed by atoms with Gasteiger partial charge in [0.05, 0.1) is 52.9 Å². The second-order valence-corrected chi connectivity index (χ2v) is 14.6. The molecule has 0 fully saturated rings. The van der Waals surface area contributed by atoms with E-state index in [9.17, 15) is 38.4 Å². The molecule has 0 saturated heterocycles. The van der Waals surface area contributed by atoms with E-state index in [1.165, 1.54) is 18.9 Å². The van der Waals surface area contributed by atoms with E-state index >= 15 is 0 Å². The number of carbonyl (C=O) groups is 8. The van der Waals surface area contributed by atoms with Gasteiger partial charge < -0.3 is 53.2 Å². The second-order valence-electron chi connectivity index (χ2n) is 14.6. The number of rotatable bonds is 36. The van der Waals surface area contributed by atoms with Crippen molar-refractivity contribution in [3.8, 4) is 0 Å². The monoisotopic (exact) mass is 1070 g/mol. The standard InChI is InChI=1S/C14H22O4.C12H18O4.C11H20O2.C7H12O3.2C5H8O3.C2H6/c1-11(2)13(15)17-9-7-5-6-8-10-18-14(16)12(3)4;1-3-11(13)15-9-7-5-6-8-10-16-12(14)4-2;1-4-7-8-10(5-2)9-13-11(12)6-3;1-2-7(9)10-6-4-3-5-8;2*1-2-5(7)8-4-3-6;1-2/h1,3,5-10H2,2,4H3;3-4H,1-2,5-10H2;6,10H,3-5,7-9H2,1-2H3;2,8H,1,3-6H2;2*2,6H,1,3-4H2;1-2H3. The Hall–Kier alpha value is -6.44. The molecule has 0 saturated carbocycles. The molecule has 3 N–H and O–H groups in total. The number of esters is 8. The average molecular weight is 1070 g/mol. The first kappa shape index (κ1) is 82.6. The predicted octanol–water partition coefficient (Wildman–Crippen LogP) is 8.65. The first-order valence-electron chi connectivity index (χ1n) is 25.1. The van der Waals surface area contributed by atoms with Crippen molar-refractivity contribution in [2.24, 2.45) is 5.92 Å². The summed E-state index contributed by atoms with van der Waals surface area (Å²) in [5.41, 5.74) is 0.836. The lowest BCUT2D eigenvalue weighted by atomic mass is 10.0. The van der Waals surface area contributed by atoms with Crippen molar-refractivity contribution >= 4 is 47.8 Å². The van der Waals surface area contributed by atoms with E-state index in [-0.39, 0.29) is 62.9 Å². The zero-order valence-corrected chi connectivity index (χ0v) is 46.2. The summed E-state index contributed by atoms with van der Waals surface area (Å²) in [4.78, 5) is 84.7. The van der Waals surface area contributed by atoms with Crippen LogP contribution in [0.2, 0.25) is 0 Å². The maximum Gasteiger partial charge on any atom is 0.333 e. The molecule has 1 unspecified atom stereocenters. The van der Waals surface area contributed by atoms with Crippen LogP contribution in [0.4, 0.5) is 0 Å². The normalized spacial score (nSPS) is 9.40. The van der Waals surface area contributed by atoms with Gasteiger partial charge in [-0.2, -0.15) is 0 Å². The lowest BCUT2D eigenvalue weighted by molar-refractivity contribution is -0.140. The Kier molecular flexibility index (Phi) is 76.7. The summed E-state index contributed by atoms with van der Waals surface area (Å²) < 4.78 is 37.8. The van der Waals surface area contributed by atoms with Crippen molar-refractivity contribution in [3.63, 3.8) is 0 Å².